The number of hydrogen-bond acceptors (Lipinski definition) is 3. The van der Waals surface area contributed by atoms with Crippen LogP contribution in [0.1, 0.15) is 32.5 Å². The first kappa shape index (κ1) is 14.5. The van der Waals surface area contributed by atoms with E-state index >= 15 is 0 Å². The lowest BCUT2D eigenvalue weighted by Crippen LogP contribution is -2.39. The average Bonchev–Trinajstić information content (AvgIpc) is 2.90. The lowest BCUT2D eigenvalue weighted by atomic mass is 9.97. The number of benzene rings is 1. The van der Waals surface area contributed by atoms with Crippen LogP contribution in [0.3, 0.4) is 0 Å². The zero-order valence-corrected chi connectivity index (χ0v) is 13.1. The lowest BCUT2D eigenvalue weighted by Gasteiger charge is -2.32. The number of aromatic amines is 1. The fraction of sp³-hybridized carbons (Fsp3) is 0.588. The molecule has 2 heterocycles. The number of hydrogen-bond donors (Lipinski definition) is 2. The number of aromatic nitrogens is 2. The van der Waals surface area contributed by atoms with E-state index in [1.165, 1.54) is 32.5 Å². The number of rotatable bonds is 5. The summed E-state index contributed by atoms with van der Waals surface area (Å²) in [5.74, 6) is 1.90. The van der Waals surface area contributed by atoms with E-state index in [0.29, 0.717) is 6.04 Å². The van der Waals surface area contributed by atoms with E-state index < -0.39 is 0 Å². The number of nitrogens with zero attached hydrogens (tertiary/aromatic N) is 2. The van der Waals surface area contributed by atoms with Crippen LogP contribution in [0.5, 0.6) is 0 Å². The predicted octanol–water partition coefficient (Wildman–Crippen LogP) is 2.77. The Hall–Kier alpha value is -1.39. The van der Waals surface area contributed by atoms with Gasteiger partial charge in [-0.3, -0.25) is 4.90 Å². The van der Waals surface area contributed by atoms with Crippen molar-refractivity contribution in [2.24, 2.45) is 5.92 Å². The summed E-state index contributed by atoms with van der Waals surface area (Å²) in [5.41, 5.74) is 2.20. The Balaban J connectivity index is 1.68. The standard InChI is InChI=1S/C17H26N4/c1-13(2)21(11-14-7-9-18-10-8-14)12-17-19-15-5-3-4-6-16(15)20-17/h3-6,13-14,18H,7-12H2,1-2H3,(H,19,20). The van der Waals surface area contributed by atoms with Gasteiger partial charge in [0.05, 0.1) is 17.6 Å². The predicted molar refractivity (Wildman–Crippen MR) is 87.2 cm³/mol. The van der Waals surface area contributed by atoms with Crippen molar-refractivity contribution < 1.29 is 0 Å². The second-order valence-corrected chi connectivity index (χ2v) is 6.42. The number of piperidine rings is 1. The van der Waals surface area contributed by atoms with Gasteiger partial charge in [-0.2, -0.15) is 0 Å². The first-order chi connectivity index (χ1) is 10.2. The Labute approximate surface area is 126 Å². The van der Waals surface area contributed by atoms with Crippen molar-refractivity contribution in [3.8, 4) is 0 Å². The van der Waals surface area contributed by atoms with Gasteiger partial charge in [0, 0.05) is 12.6 Å². The largest absolute Gasteiger partial charge is 0.341 e. The summed E-state index contributed by atoms with van der Waals surface area (Å²) in [6.45, 7) is 8.99. The molecule has 0 saturated carbocycles. The van der Waals surface area contributed by atoms with Gasteiger partial charge in [0.1, 0.15) is 5.82 Å². The molecule has 1 saturated heterocycles. The molecule has 0 radical (unpaired) electrons. The third kappa shape index (κ3) is 3.63. The van der Waals surface area contributed by atoms with Gasteiger partial charge in [-0.15, -0.1) is 0 Å². The van der Waals surface area contributed by atoms with Gasteiger partial charge < -0.3 is 10.3 Å². The molecule has 0 spiro atoms. The van der Waals surface area contributed by atoms with Crippen LogP contribution in [0.25, 0.3) is 11.0 Å². The molecule has 0 aliphatic carbocycles. The highest BCUT2D eigenvalue weighted by atomic mass is 15.2. The first-order valence-electron chi connectivity index (χ1n) is 8.11. The maximum atomic E-state index is 4.72. The van der Waals surface area contributed by atoms with Crippen LogP contribution in [-0.4, -0.2) is 40.5 Å². The van der Waals surface area contributed by atoms with Crippen LogP contribution in [0, 0.1) is 5.92 Å². The lowest BCUT2D eigenvalue weighted by molar-refractivity contribution is 0.158. The van der Waals surface area contributed by atoms with Gasteiger partial charge in [0.25, 0.3) is 0 Å². The molecule has 1 aliphatic rings. The molecule has 0 bridgehead atoms. The molecule has 4 nitrogen and oxygen atoms in total. The normalized spacial score (nSPS) is 17.1. The van der Waals surface area contributed by atoms with Gasteiger partial charge in [-0.05, 0) is 57.8 Å². The van der Waals surface area contributed by atoms with E-state index in [-0.39, 0.29) is 0 Å². The summed E-state index contributed by atoms with van der Waals surface area (Å²) in [6, 6.07) is 8.81. The second-order valence-electron chi connectivity index (χ2n) is 6.42. The van der Waals surface area contributed by atoms with Crippen molar-refractivity contribution in [3.05, 3.63) is 30.1 Å². The van der Waals surface area contributed by atoms with E-state index in [4.69, 9.17) is 4.98 Å². The highest BCUT2D eigenvalue weighted by Crippen LogP contribution is 2.18. The minimum absolute atomic E-state index is 0.549. The van der Waals surface area contributed by atoms with Crippen LogP contribution in [-0.2, 0) is 6.54 Å². The molecule has 1 aromatic heterocycles. The second kappa shape index (κ2) is 6.58. The Morgan fingerprint density at radius 1 is 1.24 bits per heavy atom. The zero-order chi connectivity index (χ0) is 14.7. The monoisotopic (exact) mass is 286 g/mol. The van der Waals surface area contributed by atoms with Gasteiger partial charge >= 0.3 is 0 Å². The van der Waals surface area contributed by atoms with E-state index in [1.54, 1.807) is 0 Å². The van der Waals surface area contributed by atoms with Crippen LogP contribution >= 0.6 is 0 Å². The van der Waals surface area contributed by atoms with Crippen molar-refractivity contribution in [1.82, 2.24) is 20.2 Å². The molecule has 3 rings (SSSR count). The van der Waals surface area contributed by atoms with Gasteiger partial charge in [-0.1, -0.05) is 12.1 Å². The van der Waals surface area contributed by atoms with Crippen molar-refractivity contribution in [2.45, 2.75) is 39.3 Å². The molecule has 1 aliphatic heterocycles. The fourth-order valence-corrected chi connectivity index (χ4v) is 3.13. The summed E-state index contributed by atoms with van der Waals surface area (Å²) in [4.78, 5) is 10.7. The average molecular weight is 286 g/mol. The van der Waals surface area contributed by atoms with E-state index in [1.807, 2.05) is 6.07 Å². The van der Waals surface area contributed by atoms with E-state index in [9.17, 15) is 0 Å². The first-order valence-corrected chi connectivity index (χ1v) is 8.11. The Kier molecular flexibility index (Phi) is 4.56. The maximum absolute atomic E-state index is 4.72. The molecule has 0 amide bonds. The highest BCUT2D eigenvalue weighted by molar-refractivity contribution is 5.74. The molecule has 2 N–H and O–H groups in total. The minimum Gasteiger partial charge on any atom is -0.341 e. The molecule has 2 aromatic rings. The smallest absolute Gasteiger partial charge is 0.121 e. The quantitative estimate of drug-likeness (QED) is 0.888. The van der Waals surface area contributed by atoms with Crippen LogP contribution in [0.4, 0.5) is 0 Å². The van der Waals surface area contributed by atoms with Crippen molar-refractivity contribution in [3.63, 3.8) is 0 Å². The van der Waals surface area contributed by atoms with E-state index in [2.05, 4.69) is 47.2 Å². The summed E-state index contributed by atoms with van der Waals surface area (Å²) < 4.78 is 0. The molecule has 21 heavy (non-hydrogen) atoms. The number of nitrogens with one attached hydrogen (secondary N) is 2. The molecule has 4 heteroatoms. The number of imidazole rings is 1. The molecule has 114 valence electrons. The SMILES string of the molecule is CC(C)N(Cc1nc2ccccc2[nH]1)CC1CCNCC1. The van der Waals surface area contributed by atoms with Crippen molar-refractivity contribution in [2.75, 3.05) is 19.6 Å². The van der Waals surface area contributed by atoms with E-state index in [0.717, 1.165) is 29.3 Å². The highest BCUT2D eigenvalue weighted by Gasteiger charge is 2.20. The van der Waals surface area contributed by atoms with Gasteiger partial charge in [0.2, 0.25) is 0 Å². The molecule has 1 fully saturated rings. The molecule has 0 atom stereocenters. The molecular formula is C17H26N4. The van der Waals surface area contributed by atoms with Crippen LogP contribution in [0.2, 0.25) is 0 Å². The number of para-hydroxylation sites is 2. The summed E-state index contributed by atoms with van der Waals surface area (Å²) in [5, 5.41) is 3.45. The van der Waals surface area contributed by atoms with Crippen molar-refractivity contribution in [1.29, 1.82) is 0 Å². The Bertz CT molecular complexity index is 536. The maximum Gasteiger partial charge on any atom is 0.121 e. The zero-order valence-electron chi connectivity index (χ0n) is 13.1. The summed E-state index contributed by atoms with van der Waals surface area (Å²) in [7, 11) is 0. The van der Waals surface area contributed by atoms with Gasteiger partial charge in [-0.25, -0.2) is 4.98 Å². The minimum atomic E-state index is 0.549. The topological polar surface area (TPSA) is 44.0 Å². The third-order valence-corrected chi connectivity index (χ3v) is 4.47. The molecule has 0 unspecified atom stereocenters. The van der Waals surface area contributed by atoms with Gasteiger partial charge in [0.15, 0.2) is 0 Å². The molecular weight excluding hydrogens is 260 g/mol. The molecule has 1 aromatic carbocycles. The number of H-pyrrole nitrogens is 1. The summed E-state index contributed by atoms with van der Waals surface area (Å²) in [6.07, 6.45) is 2.59. The number of fused-ring (bicyclic) bond motifs is 1. The Morgan fingerprint density at radius 2 is 2.00 bits per heavy atom. The summed E-state index contributed by atoms with van der Waals surface area (Å²) >= 11 is 0. The van der Waals surface area contributed by atoms with Crippen LogP contribution < -0.4 is 5.32 Å². The fourth-order valence-electron chi connectivity index (χ4n) is 3.13. The van der Waals surface area contributed by atoms with Crippen molar-refractivity contribution >= 4 is 11.0 Å². The third-order valence-electron chi connectivity index (χ3n) is 4.47. The Morgan fingerprint density at radius 3 is 2.71 bits per heavy atom. The van der Waals surface area contributed by atoms with Crippen LogP contribution in [0.15, 0.2) is 24.3 Å².